The Bertz CT molecular complexity index is 1030. The van der Waals surface area contributed by atoms with E-state index in [1.54, 1.807) is 12.1 Å². The number of allylic oxidation sites excluding steroid dienone is 9. The number of halogens is 1. The Morgan fingerprint density at radius 1 is 1.28 bits per heavy atom. The van der Waals surface area contributed by atoms with Crippen molar-refractivity contribution in [1.29, 1.82) is 0 Å². The standard InChI is InChI=1S/C27H27FO/c1-19-10-12-21(13-11-19)26(29)22-7-4-3-6-20-14-15-27(2,18-23(20)16-22)24-8-5-9-25(28)17-24/h3,5,7-9,12,14-17,19H,6,10-11,13,18H2,1-2H3/b22-16+/t4?,19-,27-/m1/s1. The summed E-state index contributed by atoms with van der Waals surface area (Å²) in [5.41, 5.74) is 7.82. The minimum atomic E-state index is -0.294. The van der Waals surface area contributed by atoms with E-state index < -0.39 is 0 Å². The highest BCUT2D eigenvalue weighted by atomic mass is 19.1. The largest absolute Gasteiger partial charge is 0.289 e. The predicted molar refractivity (Wildman–Crippen MR) is 116 cm³/mol. The first kappa shape index (κ1) is 19.6. The van der Waals surface area contributed by atoms with Crippen LogP contribution in [0.25, 0.3) is 0 Å². The summed E-state index contributed by atoms with van der Waals surface area (Å²) >= 11 is 0. The molecule has 0 N–H and O–H groups in total. The zero-order valence-electron chi connectivity index (χ0n) is 17.2. The van der Waals surface area contributed by atoms with E-state index in [1.807, 2.05) is 24.3 Å². The van der Waals surface area contributed by atoms with Gasteiger partial charge >= 0.3 is 0 Å². The molecular formula is C27H27FO. The van der Waals surface area contributed by atoms with Gasteiger partial charge in [-0.15, -0.1) is 5.73 Å². The van der Waals surface area contributed by atoms with E-state index in [-0.39, 0.29) is 17.0 Å². The minimum absolute atomic E-state index is 0.119. The fourth-order valence-electron chi connectivity index (χ4n) is 4.38. The summed E-state index contributed by atoms with van der Waals surface area (Å²) in [6.45, 7) is 4.36. The third kappa shape index (κ3) is 4.18. The van der Waals surface area contributed by atoms with E-state index in [4.69, 9.17) is 0 Å². The van der Waals surface area contributed by atoms with Crippen molar-refractivity contribution in [2.45, 2.75) is 51.4 Å². The highest BCUT2D eigenvalue weighted by Gasteiger charge is 2.29. The van der Waals surface area contributed by atoms with Crippen LogP contribution in [0.5, 0.6) is 0 Å². The van der Waals surface area contributed by atoms with Crippen molar-refractivity contribution in [1.82, 2.24) is 0 Å². The zero-order chi connectivity index (χ0) is 20.4. The molecule has 1 aromatic rings. The highest BCUT2D eigenvalue weighted by Crippen LogP contribution is 2.40. The summed E-state index contributed by atoms with van der Waals surface area (Å²) in [5.74, 6) is 0.553. The van der Waals surface area contributed by atoms with Crippen LogP contribution in [-0.2, 0) is 10.2 Å². The van der Waals surface area contributed by atoms with Crippen LogP contribution >= 0.6 is 0 Å². The summed E-state index contributed by atoms with van der Waals surface area (Å²) < 4.78 is 13.8. The van der Waals surface area contributed by atoms with Gasteiger partial charge in [0.2, 0.25) is 0 Å². The molecule has 0 fully saturated rings. The number of benzene rings is 1. The maximum Gasteiger partial charge on any atom is 0.189 e. The SMILES string of the molecule is C[C@@H]1CC=C(C(=O)/C2=C/C3=C(C=C[C@@](C)(c4cccc(F)c4)C3)CC=C=C2)CC1. The fourth-order valence-corrected chi connectivity index (χ4v) is 4.38. The van der Waals surface area contributed by atoms with Crippen LogP contribution in [0.1, 0.15) is 51.5 Å². The van der Waals surface area contributed by atoms with Gasteiger partial charge in [-0.05, 0) is 90.7 Å². The third-order valence-electron chi connectivity index (χ3n) is 6.34. The number of carbonyl (C=O) groups excluding carboxylic acids is 1. The Morgan fingerprint density at radius 3 is 2.90 bits per heavy atom. The molecule has 0 unspecified atom stereocenters. The number of hydrogen-bond donors (Lipinski definition) is 0. The Balaban J connectivity index is 1.67. The third-order valence-corrected chi connectivity index (χ3v) is 6.34. The average molecular weight is 387 g/mol. The van der Waals surface area contributed by atoms with Gasteiger partial charge in [-0.1, -0.05) is 44.2 Å². The summed E-state index contributed by atoms with van der Waals surface area (Å²) in [7, 11) is 0. The van der Waals surface area contributed by atoms with Crippen LogP contribution in [0.4, 0.5) is 4.39 Å². The summed E-state index contributed by atoms with van der Waals surface area (Å²) in [6, 6.07) is 6.83. The average Bonchev–Trinajstić information content (AvgIpc) is 2.69. The molecule has 2 atom stereocenters. The summed E-state index contributed by atoms with van der Waals surface area (Å²) in [4.78, 5) is 13.2. The second kappa shape index (κ2) is 7.97. The molecule has 2 heteroatoms. The number of ketones is 1. The molecule has 0 heterocycles. The van der Waals surface area contributed by atoms with Crippen molar-refractivity contribution >= 4 is 5.78 Å². The Hall–Kier alpha value is -2.70. The number of carbonyl (C=O) groups is 1. The molecule has 0 saturated heterocycles. The van der Waals surface area contributed by atoms with Gasteiger partial charge in [-0.25, -0.2) is 4.39 Å². The van der Waals surface area contributed by atoms with Crippen molar-refractivity contribution in [3.05, 3.63) is 100 Å². The molecule has 1 aromatic carbocycles. The number of Topliss-reactive ketones (excluding diaryl/α,β-unsaturated/α-hetero) is 1. The second-order valence-electron chi connectivity index (χ2n) is 8.75. The summed E-state index contributed by atoms with van der Waals surface area (Å²) in [6.07, 6.45) is 16.7. The first-order valence-corrected chi connectivity index (χ1v) is 10.5. The van der Waals surface area contributed by atoms with E-state index in [1.165, 1.54) is 11.6 Å². The minimum Gasteiger partial charge on any atom is -0.289 e. The van der Waals surface area contributed by atoms with Gasteiger partial charge in [0, 0.05) is 11.0 Å². The number of rotatable bonds is 3. The Morgan fingerprint density at radius 2 is 2.14 bits per heavy atom. The van der Waals surface area contributed by atoms with Gasteiger partial charge in [0.15, 0.2) is 5.78 Å². The van der Waals surface area contributed by atoms with E-state index in [2.05, 4.69) is 37.8 Å². The molecule has 29 heavy (non-hydrogen) atoms. The Labute approximate surface area is 172 Å². The molecule has 0 radical (unpaired) electrons. The molecule has 1 nitrogen and oxygen atoms in total. The fraction of sp³-hybridized carbons (Fsp3) is 0.333. The molecule has 4 rings (SSSR count). The van der Waals surface area contributed by atoms with Crippen LogP contribution in [-0.4, -0.2) is 5.78 Å². The van der Waals surface area contributed by atoms with Gasteiger partial charge < -0.3 is 0 Å². The molecule has 148 valence electrons. The predicted octanol–water partition coefficient (Wildman–Crippen LogP) is 6.70. The molecule has 0 bridgehead atoms. The van der Waals surface area contributed by atoms with Crippen LogP contribution in [0.15, 0.2) is 88.7 Å². The second-order valence-corrected chi connectivity index (χ2v) is 8.75. The molecule has 0 saturated carbocycles. The Kier molecular flexibility index (Phi) is 5.39. The van der Waals surface area contributed by atoms with Crippen LogP contribution in [0.2, 0.25) is 0 Å². The highest BCUT2D eigenvalue weighted by molar-refractivity contribution is 6.10. The monoisotopic (exact) mass is 386 g/mol. The number of hydrogen-bond acceptors (Lipinski definition) is 1. The summed E-state index contributed by atoms with van der Waals surface area (Å²) in [5, 5.41) is 0. The quantitative estimate of drug-likeness (QED) is 0.529. The van der Waals surface area contributed by atoms with Crippen LogP contribution in [0, 0.1) is 11.7 Å². The van der Waals surface area contributed by atoms with Gasteiger partial charge in [-0.2, -0.15) is 0 Å². The molecule has 0 aliphatic heterocycles. The van der Waals surface area contributed by atoms with Gasteiger partial charge in [0.1, 0.15) is 5.82 Å². The topological polar surface area (TPSA) is 17.1 Å². The first-order valence-electron chi connectivity index (χ1n) is 10.5. The normalized spacial score (nSPS) is 28.2. The smallest absolute Gasteiger partial charge is 0.189 e. The molecule has 0 aromatic heterocycles. The van der Waals surface area contributed by atoms with Gasteiger partial charge in [0.25, 0.3) is 0 Å². The van der Waals surface area contributed by atoms with Crippen molar-refractivity contribution in [2.75, 3.05) is 0 Å². The molecular weight excluding hydrogens is 359 g/mol. The zero-order valence-corrected chi connectivity index (χ0v) is 17.2. The van der Waals surface area contributed by atoms with Crippen molar-refractivity contribution < 1.29 is 9.18 Å². The van der Waals surface area contributed by atoms with E-state index in [9.17, 15) is 9.18 Å². The maximum absolute atomic E-state index is 13.8. The lowest BCUT2D eigenvalue weighted by atomic mass is 9.72. The van der Waals surface area contributed by atoms with Gasteiger partial charge in [-0.3, -0.25) is 4.79 Å². The van der Waals surface area contributed by atoms with E-state index in [0.29, 0.717) is 11.5 Å². The maximum atomic E-state index is 13.8. The van der Waals surface area contributed by atoms with E-state index >= 15 is 0 Å². The molecule has 0 amide bonds. The van der Waals surface area contributed by atoms with Crippen molar-refractivity contribution in [3.8, 4) is 0 Å². The van der Waals surface area contributed by atoms with Gasteiger partial charge in [0.05, 0.1) is 0 Å². The van der Waals surface area contributed by atoms with Crippen LogP contribution < -0.4 is 0 Å². The first-order chi connectivity index (χ1) is 13.9. The lowest BCUT2D eigenvalue weighted by Crippen LogP contribution is -2.23. The molecule has 0 spiro atoms. The van der Waals surface area contributed by atoms with Crippen LogP contribution in [0.3, 0.4) is 0 Å². The van der Waals surface area contributed by atoms with E-state index in [0.717, 1.165) is 48.8 Å². The molecule has 3 aliphatic carbocycles. The molecule has 3 aliphatic rings. The lowest BCUT2D eigenvalue weighted by Gasteiger charge is -2.32. The van der Waals surface area contributed by atoms with Crippen molar-refractivity contribution in [3.63, 3.8) is 0 Å². The van der Waals surface area contributed by atoms with Crippen molar-refractivity contribution in [2.24, 2.45) is 5.92 Å². The lowest BCUT2D eigenvalue weighted by molar-refractivity contribution is -0.112.